The highest BCUT2D eigenvalue weighted by atomic mass is 16.3. The van der Waals surface area contributed by atoms with Crippen LogP contribution < -0.4 is 5.32 Å². The molecular formula is C12H23NO2. The summed E-state index contributed by atoms with van der Waals surface area (Å²) in [6.07, 6.45) is 0.774. The third-order valence-electron chi connectivity index (χ3n) is 4.34. The van der Waals surface area contributed by atoms with Crippen LogP contribution in [0.25, 0.3) is 0 Å². The van der Waals surface area contributed by atoms with Crippen molar-refractivity contribution in [3.63, 3.8) is 0 Å². The smallest absolute Gasteiger partial charge is 0.224 e. The molecule has 1 atom stereocenters. The summed E-state index contributed by atoms with van der Waals surface area (Å²) in [5, 5.41) is 11.9. The molecule has 0 aromatic rings. The van der Waals surface area contributed by atoms with E-state index in [-0.39, 0.29) is 35.3 Å². The minimum Gasteiger partial charge on any atom is -0.394 e. The molecule has 88 valence electrons. The maximum Gasteiger partial charge on any atom is 0.224 e. The topological polar surface area (TPSA) is 49.3 Å². The molecular weight excluding hydrogens is 190 g/mol. The average molecular weight is 213 g/mol. The third-order valence-corrected chi connectivity index (χ3v) is 4.34. The first-order valence-electron chi connectivity index (χ1n) is 5.70. The van der Waals surface area contributed by atoms with Crippen LogP contribution >= 0.6 is 0 Å². The number of carbonyl (C=O) groups is 1. The minimum atomic E-state index is -0.0929. The van der Waals surface area contributed by atoms with Gasteiger partial charge in [0.15, 0.2) is 0 Å². The molecule has 2 N–H and O–H groups in total. The van der Waals surface area contributed by atoms with Gasteiger partial charge in [-0.05, 0) is 17.3 Å². The van der Waals surface area contributed by atoms with Crippen LogP contribution in [0.4, 0.5) is 0 Å². The van der Waals surface area contributed by atoms with Gasteiger partial charge in [-0.15, -0.1) is 0 Å². The molecule has 0 aromatic heterocycles. The Labute approximate surface area is 92.3 Å². The summed E-state index contributed by atoms with van der Waals surface area (Å²) in [4.78, 5) is 11.9. The van der Waals surface area contributed by atoms with Crippen LogP contribution in [0.15, 0.2) is 0 Å². The average Bonchev–Trinajstić information content (AvgIpc) is 2.53. The van der Waals surface area contributed by atoms with E-state index in [1.807, 2.05) is 6.92 Å². The molecule has 1 amide bonds. The Morgan fingerprint density at radius 1 is 1.33 bits per heavy atom. The highest BCUT2D eigenvalue weighted by molar-refractivity contribution is 5.84. The van der Waals surface area contributed by atoms with E-state index in [2.05, 4.69) is 33.0 Å². The van der Waals surface area contributed by atoms with Gasteiger partial charge in [-0.1, -0.05) is 34.6 Å². The molecule has 3 nitrogen and oxygen atoms in total. The van der Waals surface area contributed by atoms with Crippen molar-refractivity contribution in [2.24, 2.45) is 16.7 Å². The van der Waals surface area contributed by atoms with Gasteiger partial charge in [0, 0.05) is 5.92 Å². The first kappa shape index (κ1) is 12.5. The van der Waals surface area contributed by atoms with Crippen molar-refractivity contribution in [2.75, 3.05) is 6.61 Å². The standard InChI is InChI=1S/C12H23NO2/c1-6-8(7-14)13-10(15)9-11(2,3)12(9,4)5/h8-9,14H,6-7H2,1-5H3,(H,13,15)/t8-/m1/s1. The monoisotopic (exact) mass is 213 g/mol. The molecule has 1 rings (SSSR count). The SMILES string of the molecule is CC[C@H](CO)NC(=O)C1C(C)(C)C1(C)C. The maximum atomic E-state index is 11.9. The van der Waals surface area contributed by atoms with Gasteiger partial charge in [-0.3, -0.25) is 4.79 Å². The molecule has 0 heterocycles. The van der Waals surface area contributed by atoms with E-state index >= 15 is 0 Å². The van der Waals surface area contributed by atoms with Crippen molar-refractivity contribution in [3.05, 3.63) is 0 Å². The van der Waals surface area contributed by atoms with Gasteiger partial charge in [0.1, 0.15) is 0 Å². The number of carbonyl (C=O) groups excluding carboxylic acids is 1. The number of rotatable bonds is 4. The second-order valence-electron chi connectivity index (χ2n) is 5.67. The van der Waals surface area contributed by atoms with Crippen molar-refractivity contribution in [1.82, 2.24) is 5.32 Å². The molecule has 1 fully saturated rings. The van der Waals surface area contributed by atoms with Crippen molar-refractivity contribution in [1.29, 1.82) is 0 Å². The molecule has 3 heteroatoms. The van der Waals surface area contributed by atoms with Gasteiger partial charge in [0.2, 0.25) is 5.91 Å². The van der Waals surface area contributed by atoms with Crippen LogP contribution in [0.5, 0.6) is 0 Å². The lowest BCUT2D eigenvalue weighted by atomic mass is 10.0. The molecule has 0 unspecified atom stereocenters. The van der Waals surface area contributed by atoms with Crippen LogP contribution in [0.2, 0.25) is 0 Å². The Morgan fingerprint density at radius 2 is 1.80 bits per heavy atom. The lowest BCUT2D eigenvalue weighted by Crippen LogP contribution is -2.39. The molecule has 15 heavy (non-hydrogen) atoms. The van der Waals surface area contributed by atoms with E-state index in [9.17, 15) is 4.79 Å². The fourth-order valence-electron chi connectivity index (χ4n) is 2.41. The van der Waals surface area contributed by atoms with Crippen LogP contribution in [-0.4, -0.2) is 23.7 Å². The molecule has 0 spiro atoms. The fraction of sp³-hybridized carbons (Fsp3) is 0.917. The summed E-state index contributed by atoms with van der Waals surface area (Å²) in [5.74, 6) is 0.163. The molecule has 0 aromatic carbocycles. The summed E-state index contributed by atoms with van der Waals surface area (Å²) in [7, 11) is 0. The summed E-state index contributed by atoms with van der Waals surface area (Å²) in [6, 6.07) is -0.0929. The van der Waals surface area contributed by atoms with Gasteiger partial charge < -0.3 is 10.4 Å². The van der Waals surface area contributed by atoms with Crippen molar-refractivity contribution >= 4 is 5.91 Å². The molecule has 1 aliphatic rings. The summed E-state index contributed by atoms with van der Waals surface area (Å²) in [6.45, 7) is 10.5. The molecule has 1 saturated carbocycles. The van der Waals surface area contributed by atoms with E-state index in [4.69, 9.17) is 5.11 Å². The molecule has 0 aliphatic heterocycles. The second-order valence-corrected chi connectivity index (χ2v) is 5.67. The maximum absolute atomic E-state index is 11.9. The number of aliphatic hydroxyl groups excluding tert-OH is 1. The van der Waals surface area contributed by atoms with Gasteiger partial charge in [-0.2, -0.15) is 0 Å². The zero-order chi connectivity index (χ0) is 11.9. The first-order valence-corrected chi connectivity index (χ1v) is 5.70. The van der Waals surface area contributed by atoms with Gasteiger partial charge in [0.05, 0.1) is 12.6 Å². The van der Waals surface area contributed by atoms with Crippen LogP contribution in [0.1, 0.15) is 41.0 Å². The van der Waals surface area contributed by atoms with Crippen molar-refractivity contribution in [2.45, 2.75) is 47.1 Å². The lowest BCUT2D eigenvalue weighted by molar-refractivity contribution is -0.124. The predicted molar refractivity (Wildman–Crippen MR) is 60.4 cm³/mol. The fourth-order valence-corrected chi connectivity index (χ4v) is 2.41. The molecule has 0 radical (unpaired) electrons. The minimum absolute atomic E-state index is 0.0236. The summed E-state index contributed by atoms with van der Waals surface area (Å²) < 4.78 is 0. The van der Waals surface area contributed by atoms with Crippen molar-refractivity contribution < 1.29 is 9.90 Å². The Morgan fingerprint density at radius 3 is 2.07 bits per heavy atom. The van der Waals surface area contributed by atoms with E-state index in [1.54, 1.807) is 0 Å². The van der Waals surface area contributed by atoms with E-state index < -0.39 is 0 Å². The summed E-state index contributed by atoms with van der Waals surface area (Å²) in [5.41, 5.74) is 0.148. The Kier molecular flexibility index (Phi) is 3.15. The molecule has 1 aliphatic carbocycles. The van der Waals surface area contributed by atoms with E-state index in [1.165, 1.54) is 0 Å². The second kappa shape index (κ2) is 3.78. The molecule has 0 bridgehead atoms. The van der Waals surface area contributed by atoms with E-state index in [0.29, 0.717) is 0 Å². The largest absolute Gasteiger partial charge is 0.394 e. The number of amides is 1. The Bertz CT molecular complexity index is 240. The van der Waals surface area contributed by atoms with Gasteiger partial charge >= 0.3 is 0 Å². The highest BCUT2D eigenvalue weighted by Gasteiger charge is 2.68. The number of nitrogens with one attached hydrogen (secondary N) is 1. The number of aliphatic hydroxyl groups is 1. The third kappa shape index (κ3) is 1.89. The first-order chi connectivity index (χ1) is 6.79. The van der Waals surface area contributed by atoms with Crippen LogP contribution in [0, 0.1) is 16.7 Å². The van der Waals surface area contributed by atoms with Gasteiger partial charge in [0.25, 0.3) is 0 Å². The van der Waals surface area contributed by atoms with Crippen LogP contribution in [0.3, 0.4) is 0 Å². The van der Waals surface area contributed by atoms with Crippen molar-refractivity contribution in [3.8, 4) is 0 Å². The zero-order valence-electron chi connectivity index (χ0n) is 10.4. The van der Waals surface area contributed by atoms with E-state index in [0.717, 1.165) is 6.42 Å². The predicted octanol–water partition coefficient (Wildman–Crippen LogP) is 1.56. The Balaban J connectivity index is 2.58. The number of hydrogen-bond donors (Lipinski definition) is 2. The normalized spacial score (nSPS) is 24.7. The zero-order valence-corrected chi connectivity index (χ0v) is 10.4. The number of hydrogen-bond acceptors (Lipinski definition) is 2. The lowest BCUT2D eigenvalue weighted by Gasteiger charge is -2.14. The molecule has 0 saturated heterocycles. The highest BCUT2D eigenvalue weighted by Crippen LogP contribution is 2.68. The summed E-state index contributed by atoms with van der Waals surface area (Å²) >= 11 is 0. The quantitative estimate of drug-likeness (QED) is 0.744. The van der Waals surface area contributed by atoms with Gasteiger partial charge in [-0.25, -0.2) is 0 Å². The Hall–Kier alpha value is -0.570. The van der Waals surface area contributed by atoms with Crippen LogP contribution in [-0.2, 0) is 4.79 Å².